The minimum Gasteiger partial charge on any atom is -0.483 e. The van der Waals surface area contributed by atoms with Crippen LogP contribution in [0.5, 0.6) is 5.75 Å². The Hall–Kier alpha value is -2.56. The quantitative estimate of drug-likeness (QED) is 0.292. The number of halogens is 1. The van der Waals surface area contributed by atoms with Gasteiger partial charge >= 0.3 is 5.97 Å². The number of benzene rings is 1. The van der Waals surface area contributed by atoms with Gasteiger partial charge in [0.1, 0.15) is 10.8 Å². The van der Waals surface area contributed by atoms with Crippen molar-refractivity contribution in [3.05, 3.63) is 50.6 Å². The number of thiophene rings is 1. The van der Waals surface area contributed by atoms with E-state index in [1.165, 1.54) is 23.1 Å². The molecule has 182 valence electrons. The summed E-state index contributed by atoms with van der Waals surface area (Å²) in [6, 6.07) is 5.49. The van der Waals surface area contributed by atoms with Crippen LogP contribution in [0.2, 0.25) is 5.02 Å². The molecule has 1 N–H and O–H groups in total. The van der Waals surface area contributed by atoms with E-state index in [0.717, 1.165) is 21.0 Å². The fraction of sp³-hybridized carbons (Fsp3) is 0.391. The number of aryl methyl sites for hydroxylation is 3. The zero-order valence-corrected chi connectivity index (χ0v) is 22.3. The monoisotopic (exact) mass is 522 g/mol. The molecule has 1 atom stereocenters. The summed E-state index contributed by atoms with van der Waals surface area (Å²) in [7, 11) is 1.83. The van der Waals surface area contributed by atoms with Crippen molar-refractivity contribution in [3.63, 3.8) is 0 Å². The Balaban J connectivity index is 1.62. The molecule has 2 aromatic heterocycles. The molecule has 0 aliphatic rings. The van der Waals surface area contributed by atoms with Gasteiger partial charge in [0.15, 0.2) is 17.1 Å². The number of nitrogens with zero attached hydrogens (tertiary/aromatic N) is 3. The fourth-order valence-corrected chi connectivity index (χ4v) is 5.04. The van der Waals surface area contributed by atoms with Gasteiger partial charge in [-0.3, -0.25) is 4.79 Å². The molecule has 0 bridgehead atoms. The van der Waals surface area contributed by atoms with Crippen LogP contribution in [-0.4, -0.2) is 39.0 Å². The highest BCUT2D eigenvalue weighted by atomic mass is 35.5. The molecule has 0 spiro atoms. The predicted octanol–water partition coefficient (Wildman–Crippen LogP) is 5.50. The number of hydrogen-bond acceptors (Lipinski definition) is 8. The third-order valence-corrected chi connectivity index (χ3v) is 7.47. The van der Waals surface area contributed by atoms with Crippen LogP contribution in [0.1, 0.15) is 52.1 Å². The molecule has 34 heavy (non-hydrogen) atoms. The van der Waals surface area contributed by atoms with Crippen LogP contribution in [0, 0.1) is 20.8 Å². The molecular formula is C23H27ClN4O4S2. The van der Waals surface area contributed by atoms with Crippen molar-refractivity contribution in [2.45, 2.75) is 45.9 Å². The number of thioether (sulfide) groups is 1. The second-order valence-electron chi connectivity index (χ2n) is 7.69. The van der Waals surface area contributed by atoms with Gasteiger partial charge in [-0.25, -0.2) is 4.79 Å². The molecule has 0 aliphatic carbocycles. The normalized spacial score (nSPS) is 11.9. The van der Waals surface area contributed by atoms with Crippen LogP contribution in [0.4, 0.5) is 5.00 Å². The molecule has 0 aliphatic heterocycles. The highest BCUT2D eigenvalue weighted by molar-refractivity contribution is 7.99. The molecule has 0 radical (unpaired) electrons. The molecule has 0 saturated heterocycles. The summed E-state index contributed by atoms with van der Waals surface area (Å²) in [5, 5.41) is 13.0. The Morgan fingerprint density at radius 1 is 1.21 bits per heavy atom. The van der Waals surface area contributed by atoms with Crippen LogP contribution in [-0.2, 0) is 16.6 Å². The van der Waals surface area contributed by atoms with Gasteiger partial charge in [0.25, 0.3) is 0 Å². The summed E-state index contributed by atoms with van der Waals surface area (Å²) in [5.74, 6) is 0.737. The first-order valence-corrected chi connectivity index (χ1v) is 12.8. The molecule has 0 fully saturated rings. The van der Waals surface area contributed by atoms with Crippen molar-refractivity contribution in [2.24, 2.45) is 7.05 Å². The first-order chi connectivity index (χ1) is 16.1. The number of ether oxygens (including phenoxy) is 2. The van der Waals surface area contributed by atoms with E-state index in [1.807, 2.05) is 46.9 Å². The van der Waals surface area contributed by atoms with E-state index in [-0.39, 0.29) is 24.4 Å². The zero-order chi connectivity index (χ0) is 25.0. The van der Waals surface area contributed by atoms with Gasteiger partial charge in [0.05, 0.1) is 17.9 Å². The average molecular weight is 523 g/mol. The molecule has 2 heterocycles. The Morgan fingerprint density at radius 2 is 1.88 bits per heavy atom. The maximum atomic E-state index is 12.5. The molecule has 1 aromatic carbocycles. The summed E-state index contributed by atoms with van der Waals surface area (Å²) < 4.78 is 12.9. The molecule has 1 unspecified atom stereocenters. The van der Waals surface area contributed by atoms with Crippen LogP contribution in [0.3, 0.4) is 0 Å². The fourth-order valence-electron chi connectivity index (χ4n) is 3.30. The third kappa shape index (κ3) is 6.11. The molecule has 0 saturated carbocycles. The van der Waals surface area contributed by atoms with Gasteiger partial charge in [-0.2, -0.15) is 0 Å². The lowest BCUT2D eigenvalue weighted by Gasteiger charge is -2.16. The Morgan fingerprint density at radius 3 is 2.53 bits per heavy atom. The summed E-state index contributed by atoms with van der Waals surface area (Å²) >= 11 is 8.83. The summed E-state index contributed by atoms with van der Waals surface area (Å²) in [4.78, 5) is 25.6. The number of hydrogen-bond donors (Lipinski definition) is 1. The van der Waals surface area contributed by atoms with E-state index < -0.39 is 5.97 Å². The maximum absolute atomic E-state index is 12.5. The topological polar surface area (TPSA) is 95.3 Å². The largest absolute Gasteiger partial charge is 0.483 e. The molecule has 3 aromatic rings. The van der Waals surface area contributed by atoms with E-state index in [2.05, 4.69) is 15.5 Å². The number of carbonyl (C=O) groups excluding carboxylic acids is 2. The zero-order valence-electron chi connectivity index (χ0n) is 19.9. The van der Waals surface area contributed by atoms with E-state index in [1.54, 1.807) is 17.6 Å². The van der Waals surface area contributed by atoms with Crippen molar-refractivity contribution < 1.29 is 19.1 Å². The smallest absolute Gasteiger partial charge is 0.341 e. The van der Waals surface area contributed by atoms with E-state index in [4.69, 9.17) is 21.1 Å². The number of anilines is 1. The van der Waals surface area contributed by atoms with Gasteiger partial charge in [0, 0.05) is 16.9 Å². The lowest BCUT2D eigenvalue weighted by atomic mass is 10.1. The van der Waals surface area contributed by atoms with Gasteiger partial charge in [-0.05, 0) is 63.9 Å². The Labute approximate surface area is 212 Å². The first kappa shape index (κ1) is 26.1. The van der Waals surface area contributed by atoms with Crippen molar-refractivity contribution in [1.82, 2.24) is 14.8 Å². The standard InChI is InChI=1S/C23H27ClN4O4S2/c1-7-31-22(30)17-10-14(4)34-21(17)25-18(29)11-33-23-27-26-20(28(23)6)15(5)32-16-8-12(2)19(24)13(3)9-16/h8-10,15H,7,11H2,1-6H3,(H,25,29). The van der Waals surface area contributed by atoms with E-state index in [9.17, 15) is 9.59 Å². The van der Waals surface area contributed by atoms with Crippen molar-refractivity contribution in [3.8, 4) is 5.75 Å². The van der Waals surface area contributed by atoms with Crippen molar-refractivity contribution in [1.29, 1.82) is 0 Å². The van der Waals surface area contributed by atoms with Gasteiger partial charge < -0.3 is 19.4 Å². The molecule has 3 rings (SSSR count). The second kappa shape index (κ2) is 11.2. The molecule has 8 nitrogen and oxygen atoms in total. The Bertz CT molecular complexity index is 1180. The van der Waals surface area contributed by atoms with Crippen molar-refractivity contribution in [2.75, 3.05) is 17.7 Å². The second-order valence-corrected chi connectivity index (χ2v) is 10.3. The van der Waals surface area contributed by atoms with Crippen LogP contribution in [0.25, 0.3) is 0 Å². The minimum absolute atomic E-state index is 0.107. The summed E-state index contributed by atoms with van der Waals surface area (Å²) in [6.07, 6.45) is -0.359. The third-order valence-electron chi connectivity index (χ3n) is 4.89. The minimum atomic E-state index is -0.451. The molecular weight excluding hydrogens is 496 g/mol. The van der Waals surface area contributed by atoms with E-state index >= 15 is 0 Å². The number of aromatic nitrogens is 3. The lowest BCUT2D eigenvalue weighted by molar-refractivity contribution is -0.113. The van der Waals surface area contributed by atoms with Gasteiger partial charge in [-0.1, -0.05) is 23.4 Å². The number of amides is 1. The van der Waals surface area contributed by atoms with Crippen LogP contribution >= 0.6 is 34.7 Å². The summed E-state index contributed by atoms with van der Waals surface area (Å²) in [6.45, 7) is 9.63. The predicted molar refractivity (Wildman–Crippen MR) is 135 cm³/mol. The van der Waals surface area contributed by atoms with Crippen LogP contribution in [0.15, 0.2) is 23.4 Å². The van der Waals surface area contributed by atoms with Crippen molar-refractivity contribution >= 4 is 51.6 Å². The Kier molecular flexibility index (Phi) is 8.62. The van der Waals surface area contributed by atoms with Gasteiger partial charge in [-0.15, -0.1) is 21.5 Å². The highest BCUT2D eigenvalue weighted by Crippen LogP contribution is 2.30. The number of carbonyl (C=O) groups is 2. The lowest BCUT2D eigenvalue weighted by Crippen LogP contribution is -2.16. The number of nitrogens with one attached hydrogen (secondary N) is 1. The summed E-state index contributed by atoms with van der Waals surface area (Å²) in [5.41, 5.74) is 2.24. The highest BCUT2D eigenvalue weighted by Gasteiger charge is 2.21. The SMILES string of the molecule is CCOC(=O)c1cc(C)sc1NC(=O)CSc1nnc(C(C)Oc2cc(C)c(Cl)c(C)c2)n1C. The van der Waals surface area contributed by atoms with Crippen LogP contribution < -0.4 is 10.1 Å². The van der Waals surface area contributed by atoms with Gasteiger partial charge in [0.2, 0.25) is 5.91 Å². The number of esters is 1. The average Bonchev–Trinajstić information content (AvgIpc) is 3.32. The molecule has 1 amide bonds. The maximum Gasteiger partial charge on any atom is 0.341 e. The number of rotatable bonds is 9. The molecule has 11 heteroatoms. The van der Waals surface area contributed by atoms with E-state index in [0.29, 0.717) is 27.3 Å². The first-order valence-electron chi connectivity index (χ1n) is 10.6.